The van der Waals surface area contributed by atoms with Crippen LogP contribution in [0.1, 0.15) is 10.6 Å². The SMILES string of the molecule is O=C(NC(=S)Nc1ccc2oc(-c3cc(I)ccc3Br)nc2c1)c1ccc(-c2cccc(Cl)c2)o1. The Morgan fingerprint density at radius 3 is 2.71 bits per heavy atom. The molecule has 2 aromatic heterocycles. The van der Waals surface area contributed by atoms with Gasteiger partial charge >= 0.3 is 0 Å². The summed E-state index contributed by atoms with van der Waals surface area (Å²) in [6.45, 7) is 0. The fraction of sp³-hybridized carbons (Fsp3) is 0. The first-order valence-electron chi connectivity index (χ1n) is 10.2. The number of benzene rings is 3. The average molecular weight is 679 g/mol. The van der Waals surface area contributed by atoms with Crippen molar-refractivity contribution in [2.24, 2.45) is 0 Å². The maximum absolute atomic E-state index is 12.6. The third-order valence-corrected chi connectivity index (χ3v) is 6.77. The van der Waals surface area contributed by atoms with E-state index in [0.29, 0.717) is 33.5 Å². The van der Waals surface area contributed by atoms with Gasteiger partial charge in [0.2, 0.25) is 5.89 Å². The fourth-order valence-corrected chi connectivity index (χ4v) is 4.67. The zero-order chi connectivity index (χ0) is 24.5. The highest BCUT2D eigenvalue weighted by atomic mass is 127. The average Bonchev–Trinajstić information content (AvgIpc) is 3.48. The summed E-state index contributed by atoms with van der Waals surface area (Å²) in [6.07, 6.45) is 0. The molecule has 35 heavy (non-hydrogen) atoms. The van der Waals surface area contributed by atoms with E-state index in [2.05, 4.69) is 54.1 Å². The lowest BCUT2D eigenvalue weighted by molar-refractivity contribution is 0.0951. The number of hydrogen-bond donors (Lipinski definition) is 2. The molecule has 1 amide bonds. The number of anilines is 1. The van der Waals surface area contributed by atoms with Crippen LogP contribution in [-0.4, -0.2) is 16.0 Å². The minimum atomic E-state index is -0.468. The third kappa shape index (κ3) is 5.43. The van der Waals surface area contributed by atoms with Gasteiger partial charge in [0.1, 0.15) is 11.3 Å². The molecule has 0 radical (unpaired) electrons. The maximum Gasteiger partial charge on any atom is 0.293 e. The predicted octanol–water partition coefficient (Wildman–Crippen LogP) is 7.90. The summed E-state index contributed by atoms with van der Waals surface area (Å²) in [5.41, 5.74) is 3.58. The van der Waals surface area contributed by atoms with Gasteiger partial charge in [-0.15, -0.1) is 0 Å². The van der Waals surface area contributed by atoms with E-state index in [1.807, 2.05) is 30.3 Å². The number of aromatic nitrogens is 1. The predicted molar refractivity (Wildman–Crippen MR) is 153 cm³/mol. The molecule has 0 saturated carbocycles. The number of oxazole rings is 1. The molecule has 6 nitrogen and oxygen atoms in total. The normalized spacial score (nSPS) is 10.9. The number of rotatable bonds is 4. The first-order chi connectivity index (χ1) is 16.9. The molecule has 5 aromatic rings. The first-order valence-corrected chi connectivity index (χ1v) is 12.9. The molecule has 5 rings (SSSR count). The number of carbonyl (C=O) groups excluding carboxylic acids is 1. The summed E-state index contributed by atoms with van der Waals surface area (Å²) >= 11 is 17.1. The number of thiocarbonyl (C=S) groups is 1. The smallest absolute Gasteiger partial charge is 0.293 e. The minimum Gasteiger partial charge on any atom is -0.451 e. The Bertz CT molecular complexity index is 1600. The zero-order valence-electron chi connectivity index (χ0n) is 17.6. The van der Waals surface area contributed by atoms with E-state index in [1.165, 1.54) is 0 Å². The largest absolute Gasteiger partial charge is 0.451 e. The van der Waals surface area contributed by atoms with E-state index in [-0.39, 0.29) is 10.9 Å². The van der Waals surface area contributed by atoms with E-state index in [4.69, 9.17) is 32.7 Å². The number of fused-ring (bicyclic) bond motifs is 1. The molecule has 10 heteroatoms. The lowest BCUT2D eigenvalue weighted by Crippen LogP contribution is -2.33. The second-order valence-electron chi connectivity index (χ2n) is 7.41. The summed E-state index contributed by atoms with van der Waals surface area (Å²) in [5, 5.41) is 6.33. The van der Waals surface area contributed by atoms with Crippen molar-refractivity contribution in [3.8, 4) is 22.8 Å². The minimum absolute atomic E-state index is 0.124. The van der Waals surface area contributed by atoms with Crippen molar-refractivity contribution in [3.05, 3.63) is 91.6 Å². The van der Waals surface area contributed by atoms with Crippen LogP contribution >= 0.6 is 62.3 Å². The number of nitrogens with zero attached hydrogens (tertiary/aromatic N) is 1. The molecule has 0 fully saturated rings. The number of halogens is 3. The Balaban J connectivity index is 1.28. The van der Waals surface area contributed by atoms with Gasteiger partial charge in [-0.1, -0.05) is 23.7 Å². The van der Waals surface area contributed by atoms with Gasteiger partial charge in [-0.25, -0.2) is 4.98 Å². The van der Waals surface area contributed by atoms with Crippen molar-refractivity contribution < 1.29 is 13.6 Å². The highest BCUT2D eigenvalue weighted by Crippen LogP contribution is 2.32. The molecule has 0 atom stereocenters. The Morgan fingerprint density at radius 1 is 1.03 bits per heavy atom. The zero-order valence-corrected chi connectivity index (χ0v) is 23.0. The van der Waals surface area contributed by atoms with Crippen molar-refractivity contribution in [2.75, 3.05) is 5.32 Å². The van der Waals surface area contributed by atoms with Gasteiger partial charge in [-0.2, -0.15) is 0 Å². The monoisotopic (exact) mass is 677 g/mol. The van der Waals surface area contributed by atoms with Crippen molar-refractivity contribution in [3.63, 3.8) is 0 Å². The molecular formula is C25H14BrClIN3O3S. The van der Waals surface area contributed by atoms with Gasteiger partial charge in [-0.05, 0) is 111 Å². The van der Waals surface area contributed by atoms with E-state index in [0.717, 1.165) is 19.2 Å². The van der Waals surface area contributed by atoms with E-state index in [1.54, 1.807) is 42.5 Å². The molecule has 0 bridgehead atoms. The van der Waals surface area contributed by atoms with Crippen LogP contribution in [-0.2, 0) is 0 Å². The third-order valence-electron chi connectivity index (χ3n) is 4.97. The molecule has 0 aliphatic carbocycles. The summed E-state index contributed by atoms with van der Waals surface area (Å²) in [5.74, 6) is 0.697. The van der Waals surface area contributed by atoms with E-state index < -0.39 is 5.91 Å². The number of amides is 1. The number of furan rings is 1. The summed E-state index contributed by atoms with van der Waals surface area (Å²) in [4.78, 5) is 17.2. The molecule has 0 spiro atoms. The fourth-order valence-electron chi connectivity index (χ4n) is 3.37. The van der Waals surface area contributed by atoms with Crippen molar-refractivity contribution in [2.45, 2.75) is 0 Å². The van der Waals surface area contributed by atoms with Gasteiger partial charge < -0.3 is 14.2 Å². The molecule has 3 aromatic carbocycles. The second-order valence-corrected chi connectivity index (χ2v) is 10.4. The Morgan fingerprint density at radius 2 is 1.89 bits per heavy atom. The van der Waals surface area contributed by atoms with Gasteiger partial charge in [0.05, 0.1) is 5.56 Å². The lowest BCUT2D eigenvalue weighted by Gasteiger charge is -2.08. The molecule has 2 N–H and O–H groups in total. The van der Waals surface area contributed by atoms with Crippen LogP contribution in [0.15, 0.2) is 86.1 Å². The molecule has 2 heterocycles. The second kappa shape index (κ2) is 10.1. The van der Waals surface area contributed by atoms with Crippen LogP contribution < -0.4 is 10.6 Å². The van der Waals surface area contributed by atoms with Crippen LogP contribution in [0.4, 0.5) is 5.69 Å². The van der Waals surface area contributed by atoms with Gasteiger partial charge in [0.25, 0.3) is 5.91 Å². The number of nitrogens with one attached hydrogen (secondary N) is 2. The maximum atomic E-state index is 12.6. The first kappa shape index (κ1) is 24.0. The molecule has 0 aliphatic rings. The Hall–Kier alpha value is -2.73. The van der Waals surface area contributed by atoms with E-state index in [9.17, 15) is 4.79 Å². The van der Waals surface area contributed by atoms with Crippen LogP contribution in [0.3, 0.4) is 0 Å². The lowest BCUT2D eigenvalue weighted by atomic mass is 10.2. The summed E-state index contributed by atoms with van der Waals surface area (Å²) in [7, 11) is 0. The van der Waals surface area contributed by atoms with Crippen LogP contribution in [0, 0.1) is 3.57 Å². The van der Waals surface area contributed by atoms with Crippen molar-refractivity contribution in [1.82, 2.24) is 10.3 Å². The van der Waals surface area contributed by atoms with Crippen LogP contribution in [0.2, 0.25) is 5.02 Å². The highest BCUT2D eigenvalue weighted by Gasteiger charge is 2.15. The summed E-state index contributed by atoms with van der Waals surface area (Å²) < 4.78 is 13.6. The quantitative estimate of drug-likeness (QED) is 0.149. The standard InChI is InChI=1S/C25H14BrClIN3O3S/c26-18-6-4-15(28)11-17(18)24-30-19-12-16(5-7-21(19)34-24)29-25(35)31-23(32)22-9-8-20(33-22)13-2-1-3-14(27)10-13/h1-12H,(H2,29,31,32,35). The molecule has 0 aliphatic heterocycles. The summed E-state index contributed by atoms with van der Waals surface area (Å²) in [6, 6.07) is 21.8. The number of hydrogen-bond acceptors (Lipinski definition) is 5. The van der Waals surface area contributed by atoms with Crippen LogP contribution in [0.25, 0.3) is 33.9 Å². The van der Waals surface area contributed by atoms with Gasteiger partial charge in [0, 0.05) is 24.3 Å². The molecular weight excluding hydrogens is 665 g/mol. The molecule has 0 saturated heterocycles. The van der Waals surface area contributed by atoms with Gasteiger partial charge in [0.15, 0.2) is 16.5 Å². The topological polar surface area (TPSA) is 80.3 Å². The molecule has 0 unspecified atom stereocenters. The highest BCUT2D eigenvalue weighted by molar-refractivity contribution is 14.1. The Labute approximate surface area is 232 Å². The van der Waals surface area contributed by atoms with E-state index >= 15 is 0 Å². The van der Waals surface area contributed by atoms with Gasteiger partial charge in [-0.3, -0.25) is 10.1 Å². The Kier molecular flexibility index (Phi) is 6.92. The van der Waals surface area contributed by atoms with Crippen LogP contribution in [0.5, 0.6) is 0 Å². The number of carbonyl (C=O) groups is 1. The van der Waals surface area contributed by atoms with Crippen molar-refractivity contribution >= 4 is 90.1 Å². The molecule has 174 valence electrons. The van der Waals surface area contributed by atoms with Crippen molar-refractivity contribution in [1.29, 1.82) is 0 Å².